The highest BCUT2D eigenvalue weighted by atomic mass is 16.5. The molecule has 2 rings (SSSR count). The van der Waals surface area contributed by atoms with Gasteiger partial charge in [0.2, 0.25) is 0 Å². The minimum absolute atomic E-state index is 0.152. The SMILES string of the molecule is COc1cccc(C(=O)NCc2cc(C)on2)c1O. The Kier molecular flexibility index (Phi) is 3.70. The average Bonchev–Trinajstić information content (AvgIpc) is 2.82. The summed E-state index contributed by atoms with van der Waals surface area (Å²) in [6.45, 7) is 2.00. The molecule has 1 aromatic heterocycles. The molecule has 2 aromatic rings. The first-order valence-electron chi connectivity index (χ1n) is 5.68. The van der Waals surface area contributed by atoms with Crippen LogP contribution in [0.3, 0.4) is 0 Å². The van der Waals surface area contributed by atoms with Gasteiger partial charge < -0.3 is 19.7 Å². The fourth-order valence-corrected chi connectivity index (χ4v) is 1.64. The van der Waals surface area contributed by atoms with Crippen LogP contribution in [0.1, 0.15) is 21.8 Å². The van der Waals surface area contributed by atoms with Crippen molar-refractivity contribution in [3.05, 3.63) is 41.3 Å². The third kappa shape index (κ3) is 2.85. The van der Waals surface area contributed by atoms with Crippen LogP contribution in [-0.2, 0) is 6.54 Å². The summed E-state index contributed by atoms with van der Waals surface area (Å²) in [5.41, 5.74) is 0.771. The van der Waals surface area contributed by atoms with Gasteiger partial charge in [-0.25, -0.2) is 0 Å². The summed E-state index contributed by atoms with van der Waals surface area (Å²) in [5, 5.41) is 16.2. The molecular formula is C13H14N2O4. The molecule has 0 aliphatic rings. The minimum atomic E-state index is -0.406. The average molecular weight is 262 g/mol. The first-order valence-corrected chi connectivity index (χ1v) is 5.68. The van der Waals surface area contributed by atoms with Gasteiger partial charge in [0.1, 0.15) is 11.5 Å². The van der Waals surface area contributed by atoms with E-state index in [1.807, 2.05) is 0 Å². The summed E-state index contributed by atoms with van der Waals surface area (Å²) >= 11 is 0. The molecule has 19 heavy (non-hydrogen) atoms. The molecule has 0 unspecified atom stereocenters. The maximum atomic E-state index is 11.9. The lowest BCUT2D eigenvalue weighted by Gasteiger charge is -2.08. The van der Waals surface area contributed by atoms with Gasteiger partial charge in [0.25, 0.3) is 5.91 Å². The first kappa shape index (κ1) is 12.9. The van der Waals surface area contributed by atoms with E-state index in [9.17, 15) is 9.90 Å². The second-order valence-electron chi connectivity index (χ2n) is 3.97. The molecule has 0 spiro atoms. The monoisotopic (exact) mass is 262 g/mol. The number of aryl methyl sites for hydroxylation is 1. The summed E-state index contributed by atoms with van der Waals surface area (Å²) in [6.07, 6.45) is 0. The van der Waals surface area contributed by atoms with E-state index in [1.54, 1.807) is 25.1 Å². The van der Waals surface area contributed by atoms with Crippen LogP contribution in [0.5, 0.6) is 11.5 Å². The highest BCUT2D eigenvalue weighted by molar-refractivity contribution is 5.97. The zero-order chi connectivity index (χ0) is 13.8. The van der Waals surface area contributed by atoms with Crippen LogP contribution in [0.2, 0.25) is 0 Å². The number of nitrogens with one attached hydrogen (secondary N) is 1. The summed E-state index contributed by atoms with van der Waals surface area (Å²) in [6, 6.07) is 6.45. The number of benzene rings is 1. The topological polar surface area (TPSA) is 84.6 Å². The van der Waals surface area contributed by atoms with Crippen LogP contribution < -0.4 is 10.1 Å². The van der Waals surface area contributed by atoms with E-state index in [4.69, 9.17) is 9.26 Å². The molecule has 100 valence electrons. The Hall–Kier alpha value is -2.50. The number of phenols is 1. The lowest BCUT2D eigenvalue weighted by molar-refractivity contribution is 0.0947. The highest BCUT2D eigenvalue weighted by Crippen LogP contribution is 2.29. The van der Waals surface area contributed by atoms with E-state index in [0.29, 0.717) is 11.5 Å². The summed E-state index contributed by atoms with van der Waals surface area (Å²) < 4.78 is 9.84. The number of amides is 1. The molecule has 2 N–H and O–H groups in total. The number of rotatable bonds is 4. The second-order valence-corrected chi connectivity index (χ2v) is 3.97. The molecule has 0 atom stereocenters. The molecule has 0 bridgehead atoms. The van der Waals surface area contributed by atoms with Crippen LogP contribution in [0, 0.1) is 6.92 Å². The van der Waals surface area contributed by atoms with Crippen LogP contribution in [0.25, 0.3) is 0 Å². The first-order chi connectivity index (χ1) is 9.11. The lowest BCUT2D eigenvalue weighted by atomic mass is 10.1. The number of carbonyl (C=O) groups excluding carboxylic acids is 1. The molecule has 1 heterocycles. The van der Waals surface area contributed by atoms with Crippen LogP contribution >= 0.6 is 0 Å². The van der Waals surface area contributed by atoms with E-state index < -0.39 is 5.91 Å². The Balaban J connectivity index is 2.08. The standard InChI is InChI=1S/C13H14N2O4/c1-8-6-9(15-19-8)7-14-13(17)10-4-3-5-11(18-2)12(10)16/h3-6,16H,7H2,1-2H3,(H,14,17). The number of methoxy groups -OCH3 is 1. The van der Waals surface area contributed by atoms with Crippen molar-refractivity contribution in [3.63, 3.8) is 0 Å². The smallest absolute Gasteiger partial charge is 0.255 e. The van der Waals surface area contributed by atoms with E-state index in [0.717, 1.165) is 0 Å². The quantitative estimate of drug-likeness (QED) is 0.874. The van der Waals surface area contributed by atoms with Gasteiger partial charge in [0.15, 0.2) is 11.5 Å². The lowest BCUT2D eigenvalue weighted by Crippen LogP contribution is -2.23. The maximum Gasteiger partial charge on any atom is 0.255 e. The summed E-state index contributed by atoms with van der Waals surface area (Å²) in [7, 11) is 1.43. The van der Waals surface area contributed by atoms with Crippen LogP contribution in [0.15, 0.2) is 28.8 Å². The Bertz CT molecular complexity index is 592. The van der Waals surface area contributed by atoms with Crippen molar-refractivity contribution in [2.45, 2.75) is 13.5 Å². The molecule has 0 aliphatic heterocycles. The molecule has 0 radical (unpaired) electrons. The molecule has 1 amide bonds. The number of aromatic hydroxyl groups is 1. The van der Waals surface area contributed by atoms with Crippen molar-refractivity contribution in [1.82, 2.24) is 10.5 Å². The summed E-state index contributed by atoms with van der Waals surface area (Å²) in [5.74, 6) is 0.342. The molecule has 0 saturated carbocycles. The number of carbonyl (C=O) groups is 1. The number of nitrogens with zero attached hydrogens (tertiary/aromatic N) is 1. The molecule has 0 aliphatic carbocycles. The Morgan fingerprint density at radius 1 is 1.53 bits per heavy atom. The fourth-order valence-electron chi connectivity index (χ4n) is 1.64. The Labute approximate surface area is 110 Å². The van der Waals surface area contributed by atoms with Gasteiger partial charge in [0, 0.05) is 6.07 Å². The number of ether oxygens (including phenoxy) is 1. The fraction of sp³-hybridized carbons (Fsp3) is 0.231. The third-order valence-electron chi connectivity index (χ3n) is 2.57. The number of phenolic OH excluding ortho intramolecular Hbond substituents is 1. The maximum absolute atomic E-state index is 11.9. The predicted octanol–water partition coefficient (Wildman–Crippen LogP) is 1.63. The number of aromatic nitrogens is 1. The third-order valence-corrected chi connectivity index (χ3v) is 2.57. The van der Waals surface area contributed by atoms with Gasteiger partial charge in [-0.3, -0.25) is 4.79 Å². The van der Waals surface area contributed by atoms with Gasteiger partial charge in [0.05, 0.1) is 19.2 Å². The van der Waals surface area contributed by atoms with Crippen LogP contribution in [0.4, 0.5) is 0 Å². The largest absolute Gasteiger partial charge is 0.504 e. The van der Waals surface area contributed by atoms with Crippen molar-refractivity contribution in [2.75, 3.05) is 7.11 Å². The number of hydrogen-bond donors (Lipinski definition) is 2. The Morgan fingerprint density at radius 3 is 2.95 bits per heavy atom. The zero-order valence-corrected chi connectivity index (χ0v) is 10.6. The Morgan fingerprint density at radius 2 is 2.32 bits per heavy atom. The van der Waals surface area contributed by atoms with Crippen LogP contribution in [-0.4, -0.2) is 23.3 Å². The molecule has 0 fully saturated rings. The number of hydrogen-bond acceptors (Lipinski definition) is 5. The van der Waals surface area contributed by atoms with Gasteiger partial charge in [-0.2, -0.15) is 0 Å². The molecule has 1 aromatic carbocycles. The van der Waals surface area contributed by atoms with Crippen molar-refractivity contribution >= 4 is 5.91 Å². The van der Waals surface area contributed by atoms with E-state index in [1.165, 1.54) is 13.2 Å². The molecular weight excluding hydrogens is 248 g/mol. The van der Waals surface area contributed by atoms with E-state index in [-0.39, 0.29) is 23.6 Å². The minimum Gasteiger partial charge on any atom is -0.504 e. The van der Waals surface area contributed by atoms with E-state index in [2.05, 4.69) is 10.5 Å². The molecule has 6 nitrogen and oxygen atoms in total. The highest BCUT2D eigenvalue weighted by Gasteiger charge is 2.14. The second kappa shape index (κ2) is 5.43. The zero-order valence-electron chi connectivity index (χ0n) is 10.6. The van der Waals surface area contributed by atoms with Crippen molar-refractivity contribution < 1.29 is 19.2 Å². The summed E-state index contributed by atoms with van der Waals surface area (Å²) in [4.78, 5) is 11.9. The van der Waals surface area contributed by atoms with Gasteiger partial charge in [-0.1, -0.05) is 11.2 Å². The van der Waals surface area contributed by atoms with E-state index >= 15 is 0 Å². The van der Waals surface area contributed by atoms with Crippen molar-refractivity contribution in [2.24, 2.45) is 0 Å². The van der Waals surface area contributed by atoms with Crippen molar-refractivity contribution in [1.29, 1.82) is 0 Å². The molecule has 0 saturated heterocycles. The van der Waals surface area contributed by atoms with Gasteiger partial charge >= 0.3 is 0 Å². The molecule has 6 heteroatoms. The van der Waals surface area contributed by atoms with Crippen molar-refractivity contribution in [3.8, 4) is 11.5 Å². The van der Waals surface area contributed by atoms with Gasteiger partial charge in [-0.15, -0.1) is 0 Å². The van der Waals surface area contributed by atoms with Gasteiger partial charge in [-0.05, 0) is 19.1 Å². The predicted molar refractivity (Wildman–Crippen MR) is 67.1 cm³/mol. The number of para-hydroxylation sites is 1. The normalized spacial score (nSPS) is 10.2.